The van der Waals surface area contributed by atoms with Crippen LogP contribution < -0.4 is 5.32 Å². The van der Waals surface area contributed by atoms with Crippen LogP contribution in [0.1, 0.15) is 15.9 Å². The minimum absolute atomic E-state index is 0.0977. The van der Waals surface area contributed by atoms with Gasteiger partial charge in [0.25, 0.3) is 5.91 Å². The highest BCUT2D eigenvalue weighted by Crippen LogP contribution is 2.28. The molecule has 1 heterocycles. The van der Waals surface area contributed by atoms with Crippen LogP contribution in [0.3, 0.4) is 0 Å². The number of anilines is 1. The molecule has 120 valence electrons. The topological polar surface area (TPSA) is 68.3 Å². The molecule has 1 amide bonds. The van der Waals surface area contributed by atoms with Crippen molar-refractivity contribution in [2.45, 2.75) is 6.92 Å². The van der Waals surface area contributed by atoms with Crippen LogP contribution in [0.15, 0.2) is 30.5 Å². The van der Waals surface area contributed by atoms with E-state index in [1.54, 1.807) is 6.92 Å². The molecule has 0 atom stereocenters. The van der Waals surface area contributed by atoms with E-state index in [4.69, 9.17) is 27.9 Å². The van der Waals surface area contributed by atoms with Gasteiger partial charge in [0.05, 0.1) is 15.6 Å². The number of nitrogens with one attached hydrogen (secondary N) is 1. The molecule has 1 N–H and O–H groups in total. The van der Waals surface area contributed by atoms with E-state index in [0.717, 1.165) is 6.07 Å². The zero-order valence-electron chi connectivity index (χ0n) is 11.9. The number of ether oxygens (including phenoxy) is 1. The predicted octanol–water partition coefficient (Wildman–Crippen LogP) is 3.63. The molecule has 0 bridgehead atoms. The van der Waals surface area contributed by atoms with Gasteiger partial charge in [-0.3, -0.25) is 4.79 Å². The lowest BCUT2D eigenvalue weighted by Gasteiger charge is -2.09. The summed E-state index contributed by atoms with van der Waals surface area (Å²) < 4.78 is 18.2. The molecule has 0 aliphatic heterocycles. The maximum atomic E-state index is 13.4. The molecule has 0 aliphatic carbocycles. The van der Waals surface area contributed by atoms with Gasteiger partial charge in [-0.2, -0.15) is 0 Å². The Labute approximate surface area is 141 Å². The molecule has 8 heteroatoms. The zero-order valence-corrected chi connectivity index (χ0v) is 13.4. The third kappa shape index (κ3) is 4.18. The van der Waals surface area contributed by atoms with E-state index < -0.39 is 24.3 Å². The normalized spacial score (nSPS) is 10.3. The number of halogens is 3. The number of aromatic nitrogens is 1. The summed E-state index contributed by atoms with van der Waals surface area (Å²) in [5.74, 6) is -2.23. The molecule has 5 nitrogen and oxygen atoms in total. The van der Waals surface area contributed by atoms with Gasteiger partial charge in [0.1, 0.15) is 5.82 Å². The zero-order chi connectivity index (χ0) is 17.0. The molecule has 23 heavy (non-hydrogen) atoms. The van der Waals surface area contributed by atoms with Gasteiger partial charge in [0.15, 0.2) is 12.4 Å². The van der Waals surface area contributed by atoms with E-state index >= 15 is 0 Å². The minimum atomic E-state index is -0.940. The van der Waals surface area contributed by atoms with Crippen LogP contribution in [0.5, 0.6) is 0 Å². The van der Waals surface area contributed by atoms with Crippen molar-refractivity contribution < 1.29 is 18.7 Å². The number of pyridine rings is 1. The Morgan fingerprint density at radius 3 is 2.70 bits per heavy atom. The molecule has 1 aromatic carbocycles. The molecule has 0 saturated carbocycles. The SMILES string of the molecule is Cc1c(Cl)cnc(NC(=O)COC(=O)c2ccccc2F)c1Cl. The van der Waals surface area contributed by atoms with Crippen molar-refractivity contribution in [3.63, 3.8) is 0 Å². The Kier molecular flexibility index (Phi) is 5.52. The summed E-state index contributed by atoms with van der Waals surface area (Å²) in [6.45, 7) is 1.06. The number of esters is 1. The average molecular weight is 357 g/mol. The van der Waals surface area contributed by atoms with Crippen molar-refractivity contribution in [2.24, 2.45) is 0 Å². The summed E-state index contributed by atoms with van der Waals surface area (Å²) in [4.78, 5) is 27.3. The number of nitrogens with zero attached hydrogens (tertiary/aromatic N) is 1. The van der Waals surface area contributed by atoms with Crippen LogP contribution in [-0.4, -0.2) is 23.5 Å². The molecule has 2 rings (SSSR count). The number of carbonyl (C=O) groups is 2. The fourth-order valence-corrected chi connectivity index (χ4v) is 2.04. The summed E-state index contributed by atoms with van der Waals surface area (Å²) in [6, 6.07) is 5.31. The van der Waals surface area contributed by atoms with Gasteiger partial charge in [-0.05, 0) is 24.6 Å². The summed E-state index contributed by atoms with van der Waals surface area (Å²) in [5.41, 5.74) is 0.306. The van der Waals surface area contributed by atoms with Crippen molar-refractivity contribution in [2.75, 3.05) is 11.9 Å². The molecular weight excluding hydrogens is 346 g/mol. The molecule has 1 aromatic heterocycles. The fourth-order valence-electron chi connectivity index (χ4n) is 1.65. The molecule has 0 saturated heterocycles. The first kappa shape index (κ1) is 17.2. The van der Waals surface area contributed by atoms with E-state index in [1.807, 2.05) is 0 Å². The van der Waals surface area contributed by atoms with Gasteiger partial charge in [-0.25, -0.2) is 14.2 Å². The maximum Gasteiger partial charge on any atom is 0.341 e. The summed E-state index contributed by atoms with van der Waals surface area (Å²) >= 11 is 11.8. The monoisotopic (exact) mass is 356 g/mol. The van der Waals surface area contributed by atoms with E-state index in [0.29, 0.717) is 10.6 Å². The van der Waals surface area contributed by atoms with Crippen LogP contribution >= 0.6 is 23.2 Å². The number of hydrogen-bond donors (Lipinski definition) is 1. The Balaban J connectivity index is 1.97. The summed E-state index contributed by atoms with van der Waals surface area (Å²) in [5, 5.41) is 2.93. The molecule has 0 fully saturated rings. The van der Waals surface area contributed by atoms with Crippen LogP contribution in [0.4, 0.5) is 10.2 Å². The van der Waals surface area contributed by atoms with Gasteiger partial charge in [-0.15, -0.1) is 0 Å². The Hall–Kier alpha value is -2.18. The first-order valence-corrected chi connectivity index (χ1v) is 7.18. The van der Waals surface area contributed by atoms with Crippen molar-refractivity contribution in [3.8, 4) is 0 Å². The standard InChI is InChI=1S/C15H11Cl2FN2O3/c1-8-10(16)6-19-14(13(8)17)20-12(21)7-23-15(22)9-4-2-3-5-11(9)18/h2-6H,7H2,1H3,(H,19,20,21). The van der Waals surface area contributed by atoms with E-state index in [2.05, 4.69) is 10.3 Å². The lowest BCUT2D eigenvalue weighted by atomic mass is 10.2. The highest BCUT2D eigenvalue weighted by Gasteiger charge is 2.16. The molecule has 0 radical (unpaired) electrons. The fraction of sp³-hybridized carbons (Fsp3) is 0.133. The number of hydrogen-bond acceptors (Lipinski definition) is 4. The highest BCUT2D eigenvalue weighted by atomic mass is 35.5. The smallest absolute Gasteiger partial charge is 0.341 e. The van der Waals surface area contributed by atoms with E-state index in [-0.39, 0.29) is 16.4 Å². The number of carbonyl (C=O) groups excluding carboxylic acids is 2. The quantitative estimate of drug-likeness (QED) is 0.849. The maximum absolute atomic E-state index is 13.4. The predicted molar refractivity (Wildman–Crippen MR) is 84.3 cm³/mol. The summed E-state index contributed by atoms with van der Waals surface area (Å²) in [6.07, 6.45) is 1.34. The second-order valence-corrected chi connectivity index (χ2v) is 5.28. The number of rotatable bonds is 4. The Morgan fingerprint density at radius 1 is 1.30 bits per heavy atom. The first-order valence-electron chi connectivity index (χ1n) is 6.42. The van der Waals surface area contributed by atoms with Gasteiger partial charge in [-0.1, -0.05) is 35.3 Å². The van der Waals surface area contributed by atoms with Gasteiger partial charge >= 0.3 is 5.97 Å². The van der Waals surface area contributed by atoms with E-state index in [9.17, 15) is 14.0 Å². The third-order valence-electron chi connectivity index (χ3n) is 2.89. The lowest BCUT2D eigenvalue weighted by Crippen LogP contribution is -2.22. The number of benzene rings is 1. The van der Waals surface area contributed by atoms with Crippen LogP contribution in [0, 0.1) is 12.7 Å². The second kappa shape index (κ2) is 7.39. The second-order valence-electron chi connectivity index (χ2n) is 4.50. The Morgan fingerprint density at radius 2 is 2.00 bits per heavy atom. The minimum Gasteiger partial charge on any atom is -0.452 e. The third-order valence-corrected chi connectivity index (χ3v) is 3.73. The van der Waals surface area contributed by atoms with Gasteiger partial charge < -0.3 is 10.1 Å². The average Bonchev–Trinajstić information content (AvgIpc) is 2.53. The van der Waals surface area contributed by atoms with Gasteiger partial charge in [0, 0.05) is 6.20 Å². The Bertz CT molecular complexity index is 768. The van der Waals surface area contributed by atoms with Crippen molar-refractivity contribution >= 4 is 40.9 Å². The van der Waals surface area contributed by atoms with Crippen LogP contribution in [-0.2, 0) is 9.53 Å². The lowest BCUT2D eigenvalue weighted by molar-refractivity contribution is -0.119. The first-order chi connectivity index (χ1) is 10.9. The van der Waals surface area contributed by atoms with Crippen LogP contribution in [0.2, 0.25) is 10.0 Å². The molecule has 2 aromatic rings. The summed E-state index contributed by atoms with van der Waals surface area (Å²) in [7, 11) is 0. The van der Waals surface area contributed by atoms with E-state index in [1.165, 1.54) is 24.4 Å². The molecular formula is C15H11Cl2FN2O3. The van der Waals surface area contributed by atoms with Crippen LogP contribution in [0.25, 0.3) is 0 Å². The number of amides is 1. The molecule has 0 aliphatic rings. The molecule has 0 spiro atoms. The van der Waals surface area contributed by atoms with Crippen molar-refractivity contribution in [1.82, 2.24) is 4.98 Å². The highest BCUT2D eigenvalue weighted by molar-refractivity contribution is 6.37. The van der Waals surface area contributed by atoms with Crippen molar-refractivity contribution in [1.29, 1.82) is 0 Å². The molecule has 0 unspecified atom stereocenters. The van der Waals surface area contributed by atoms with Crippen molar-refractivity contribution in [3.05, 3.63) is 57.5 Å². The largest absolute Gasteiger partial charge is 0.452 e. The van der Waals surface area contributed by atoms with Gasteiger partial charge in [0.2, 0.25) is 0 Å².